The van der Waals surface area contributed by atoms with Gasteiger partial charge in [-0.2, -0.15) is 0 Å². The van der Waals surface area contributed by atoms with Gasteiger partial charge in [-0.15, -0.1) is 11.6 Å². The summed E-state index contributed by atoms with van der Waals surface area (Å²) >= 11 is 17.5. The summed E-state index contributed by atoms with van der Waals surface area (Å²) in [4.78, 5) is -0.312. The summed E-state index contributed by atoms with van der Waals surface area (Å²) in [7, 11) is -3.89. The van der Waals surface area contributed by atoms with Crippen LogP contribution in [0, 0.1) is 11.7 Å². The first-order valence-electron chi connectivity index (χ1n) is 6.60. The van der Waals surface area contributed by atoms with Crippen molar-refractivity contribution in [1.29, 1.82) is 0 Å². The van der Waals surface area contributed by atoms with Gasteiger partial charge in [-0.25, -0.2) is 17.5 Å². The lowest BCUT2D eigenvalue weighted by Gasteiger charge is -2.27. The van der Waals surface area contributed by atoms with E-state index in [1.807, 2.05) is 0 Å². The van der Waals surface area contributed by atoms with Gasteiger partial charge in [0.2, 0.25) is 10.0 Å². The molecule has 0 aromatic heterocycles. The molecule has 1 aliphatic carbocycles. The van der Waals surface area contributed by atoms with Crippen LogP contribution >= 0.6 is 34.8 Å². The predicted molar refractivity (Wildman–Crippen MR) is 83.2 cm³/mol. The van der Waals surface area contributed by atoms with E-state index in [1.54, 1.807) is 0 Å². The van der Waals surface area contributed by atoms with Crippen molar-refractivity contribution in [2.45, 2.75) is 36.0 Å². The van der Waals surface area contributed by atoms with Crippen molar-refractivity contribution in [3.05, 3.63) is 28.0 Å². The lowest BCUT2D eigenvalue weighted by molar-refractivity contribution is 0.364. The number of alkyl halides is 1. The zero-order chi connectivity index (χ0) is 15.6. The van der Waals surface area contributed by atoms with E-state index < -0.39 is 20.9 Å². The molecule has 1 aliphatic rings. The van der Waals surface area contributed by atoms with Crippen molar-refractivity contribution in [3.8, 4) is 0 Å². The summed E-state index contributed by atoms with van der Waals surface area (Å²) in [6.07, 6.45) is 3.85. The largest absolute Gasteiger partial charge is 0.242 e. The maximum Gasteiger partial charge on any atom is 0.242 e. The minimum absolute atomic E-state index is 0.0427. The molecule has 0 amide bonds. The first kappa shape index (κ1) is 17.3. The van der Waals surface area contributed by atoms with Crippen LogP contribution in [0.15, 0.2) is 17.0 Å². The van der Waals surface area contributed by atoms with Crippen LogP contribution in [-0.4, -0.2) is 20.3 Å². The Morgan fingerprint density at radius 3 is 2.57 bits per heavy atom. The summed E-state index contributed by atoms with van der Waals surface area (Å²) in [5.74, 6) is -0.861. The fourth-order valence-electron chi connectivity index (χ4n) is 2.40. The Labute approximate surface area is 138 Å². The number of nitrogens with one attached hydrogen (secondary N) is 1. The number of halogens is 4. The van der Waals surface area contributed by atoms with Crippen molar-refractivity contribution in [1.82, 2.24) is 4.72 Å². The van der Waals surface area contributed by atoms with Gasteiger partial charge in [0, 0.05) is 11.9 Å². The van der Waals surface area contributed by atoms with Gasteiger partial charge in [0.15, 0.2) is 5.82 Å². The molecule has 0 spiro atoms. The van der Waals surface area contributed by atoms with E-state index >= 15 is 0 Å². The SMILES string of the molecule is O=S(=O)(NCC1CCCCC1Cl)c1ccc(Cl)c(F)c1Cl. The molecule has 21 heavy (non-hydrogen) atoms. The first-order chi connectivity index (χ1) is 9.83. The van der Waals surface area contributed by atoms with E-state index in [2.05, 4.69) is 4.72 Å². The third-order valence-electron chi connectivity index (χ3n) is 3.64. The number of sulfonamides is 1. The van der Waals surface area contributed by atoms with Crippen LogP contribution < -0.4 is 4.72 Å². The predicted octanol–water partition coefficient (Wildman–Crippen LogP) is 4.21. The molecule has 1 aromatic rings. The molecule has 0 radical (unpaired) electrons. The molecule has 0 aliphatic heterocycles. The van der Waals surface area contributed by atoms with Crippen molar-refractivity contribution >= 4 is 44.8 Å². The number of hydrogen-bond donors (Lipinski definition) is 1. The van der Waals surface area contributed by atoms with E-state index in [4.69, 9.17) is 34.8 Å². The average Bonchev–Trinajstić information content (AvgIpc) is 2.44. The Morgan fingerprint density at radius 1 is 1.24 bits per heavy atom. The molecule has 1 fully saturated rings. The second-order valence-electron chi connectivity index (χ2n) is 5.09. The van der Waals surface area contributed by atoms with Gasteiger partial charge in [-0.1, -0.05) is 36.0 Å². The molecular formula is C13H15Cl3FNO2S. The van der Waals surface area contributed by atoms with Crippen molar-refractivity contribution < 1.29 is 12.8 Å². The Hall–Kier alpha value is -0.0700. The van der Waals surface area contributed by atoms with Gasteiger partial charge in [-0.3, -0.25) is 0 Å². The molecule has 3 nitrogen and oxygen atoms in total. The molecule has 2 rings (SSSR count). The summed E-state index contributed by atoms with van der Waals surface area (Å²) in [6.45, 7) is 0.219. The molecule has 8 heteroatoms. The minimum atomic E-state index is -3.89. The van der Waals surface area contributed by atoms with Gasteiger partial charge in [0.05, 0.1) is 10.0 Å². The molecule has 1 N–H and O–H groups in total. The second kappa shape index (κ2) is 7.01. The molecule has 0 heterocycles. The first-order valence-corrected chi connectivity index (χ1v) is 9.27. The summed E-state index contributed by atoms with van der Waals surface area (Å²) in [5, 5.41) is -0.757. The molecule has 2 unspecified atom stereocenters. The molecule has 0 bridgehead atoms. The maximum absolute atomic E-state index is 13.6. The van der Waals surface area contributed by atoms with E-state index in [0.717, 1.165) is 25.7 Å². The second-order valence-corrected chi connectivity index (χ2v) is 8.17. The van der Waals surface area contributed by atoms with Crippen molar-refractivity contribution in [3.63, 3.8) is 0 Å². The zero-order valence-corrected chi connectivity index (χ0v) is 14.2. The number of benzene rings is 1. The van der Waals surface area contributed by atoms with Gasteiger partial charge >= 0.3 is 0 Å². The van der Waals surface area contributed by atoms with Crippen LogP contribution in [0.2, 0.25) is 10.0 Å². The fraction of sp³-hybridized carbons (Fsp3) is 0.538. The van der Waals surface area contributed by atoms with Crippen LogP contribution in [0.5, 0.6) is 0 Å². The Kier molecular flexibility index (Phi) is 5.77. The van der Waals surface area contributed by atoms with E-state index in [0.29, 0.717) is 0 Å². The third-order valence-corrected chi connectivity index (χ3v) is 6.46. The van der Waals surface area contributed by atoms with Crippen LogP contribution in [-0.2, 0) is 10.0 Å². The van der Waals surface area contributed by atoms with Crippen LogP contribution in [0.3, 0.4) is 0 Å². The Bertz CT molecular complexity index is 624. The highest BCUT2D eigenvalue weighted by molar-refractivity contribution is 7.89. The van der Waals surface area contributed by atoms with E-state index in [1.165, 1.54) is 12.1 Å². The monoisotopic (exact) mass is 373 g/mol. The molecular weight excluding hydrogens is 360 g/mol. The third kappa shape index (κ3) is 4.02. The van der Waals surface area contributed by atoms with E-state index in [9.17, 15) is 12.8 Å². The summed E-state index contributed by atoms with van der Waals surface area (Å²) < 4.78 is 40.5. The minimum Gasteiger partial charge on any atom is -0.211 e. The normalized spacial score (nSPS) is 23.2. The smallest absolute Gasteiger partial charge is 0.211 e. The maximum atomic E-state index is 13.6. The highest BCUT2D eigenvalue weighted by Gasteiger charge is 2.27. The van der Waals surface area contributed by atoms with Gasteiger partial charge in [0.1, 0.15) is 4.90 Å². The average molecular weight is 375 g/mol. The molecule has 1 saturated carbocycles. The van der Waals surface area contributed by atoms with E-state index in [-0.39, 0.29) is 27.8 Å². The quantitative estimate of drug-likeness (QED) is 0.634. The Morgan fingerprint density at radius 2 is 1.90 bits per heavy atom. The zero-order valence-electron chi connectivity index (χ0n) is 11.1. The molecule has 1 aromatic carbocycles. The molecule has 0 saturated heterocycles. The number of rotatable bonds is 4. The molecule has 2 atom stereocenters. The van der Waals surface area contributed by atoms with Crippen molar-refractivity contribution in [2.75, 3.05) is 6.54 Å². The summed E-state index contributed by atoms with van der Waals surface area (Å²) in [6, 6.07) is 2.36. The van der Waals surface area contributed by atoms with Gasteiger partial charge in [-0.05, 0) is 30.9 Å². The fourth-order valence-corrected chi connectivity index (χ4v) is 4.61. The number of hydrogen-bond acceptors (Lipinski definition) is 2. The van der Waals surface area contributed by atoms with Gasteiger partial charge in [0.25, 0.3) is 0 Å². The highest BCUT2D eigenvalue weighted by Crippen LogP contribution is 2.31. The lowest BCUT2D eigenvalue weighted by atomic mass is 9.89. The van der Waals surface area contributed by atoms with Crippen LogP contribution in [0.25, 0.3) is 0 Å². The standard InChI is InChI=1S/C13H15Cl3FNO2S/c14-9-4-2-1-3-8(9)7-18-21(19,20)11-6-5-10(15)13(17)12(11)16/h5-6,8-9,18H,1-4,7H2. The van der Waals surface area contributed by atoms with Gasteiger partial charge < -0.3 is 0 Å². The Balaban J connectivity index is 2.13. The topological polar surface area (TPSA) is 46.2 Å². The van der Waals surface area contributed by atoms with Crippen molar-refractivity contribution in [2.24, 2.45) is 5.92 Å². The summed E-state index contributed by atoms with van der Waals surface area (Å²) in [5.41, 5.74) is 0. The molecule has 118 valence electrons. The van der Waals surface area contributed by atoms with Crippen LogP contribution in [0.4, 0.5) is 4.39 Å². The van der Waals surface area contributed by atoms with Crippen LogP contribution in [0.1, 0.15) is 25.7 Å². The highest BCUT2D eigenvalue weighted by atomic mass is 35.5. The lowest BCUT2D eigenvalue weighted by Crippen LogP contribution is -2.34.